The average molecular weight is 265 g/mol. The van der Waals surface area contributed by atoms with Gasteiger partial charge in [-0.05, 0) is 19.2 Å². The Hall–Kier alpha value is -2.49. The summed E-state index contributed by atoms with van der Waals surface area (Å²) in [6.07, 6.45) is 3.41. The number of fused-ring (bicyclic) bond motifs is 1. The van der Waals surface area contributed by atoms with Gasteiger partial charge in [-0.25, -0.2) is 0 Å². The van der Waals surface area contributed by atoms with Crippen LogP contribution in [0, 0.1) is 13.8 Å². The van der Waals surface area contributed by atoms with Gasteiger partial charge < -0.3 is 0 Å². The Morgan fingerprint density at radius 3 is 2.60 bits per heavy atom. The standard InChI is InChI=1S/C16H15N3O/c1-10-15(11(2)19(3)18-10)16(20)14-9-17-8-12-6-4-5-7-13(12)14/h4-9H,1-3H3. The Balaban J connectivity index is 2.23. The van der Waals surface area contributed by atoms with E-state index in [4.69, 9.17) is 0 Å². The number of carbonyl (C=O) groups is 1. The minimum Gasteiger partial charge on any atom is -0.288 e. The van der Waals surface area contributed by atoms with E-state index in [0.717, 1.165) is 22.2 Å². The molecule has 0 spiro atoms. The molecule has 0 atom stereocenters. The monoisotopic (exact) mass is 265 g/mol. The lowest BCUT2D eigenvalue weighted by Gasteiger charge is -2.05. The van der Waals surface area contributed by atoms with Crippen LogP contribution < -0.4 is 0 Å². The van der Waals surface area contributed by atoms with Crippen LogP contribution in [0.5, 0.6) is 0 Å². The summed E-state index contributed by atoms with van der Waals surface area (Å²) in [6, 6.07) is 7.79. The van der Waals surface area contributed by atoms with Crippen molar-refractivity contribution in [1.29, 1.82) is 0 Å². The van der Waals surface area contributed by atoms with E-state index in [-0.39, 0.29) is 5.78 Å². The molecule has 0 amide bonds. The molecule has 0 saturated heterocycles. The topological polar surface area (TPSA) is 47.8 Å². The van der Waals surface area contributed by atoms with Gasteiger partial charge in [-0.3, -0.25) is 14.5 Å². The number of rotatable bonds is 2. The Bertz CT molecular complexity index is 812. The van der Waals surface area contributed by atoms with E-state index in [1.54, 1.807) is 17.1 Å². The first-order valence-electron chi connectivity index (χ1n) is 6.47. The zero-order valence-electron chi connectivity index (χ0n) is 11.7. The van der Waals surface area contributed by atoms with Crippen LogP contribution in [0.1, 0.15) is 27.3 Å². The number of benzene rings is 1. The molecule has 0 saturated carbocycles. The van der Waals surface area contributed by atoms with Gasteiger partial charge in [-0.2, -0.15) is 5.10 Å². The molecule has 3 rings (SSSR count). The van der Waals surface area contributed by atoms with E-state index in [1.807, 2.05) is 45.2 Å². The maximum absolute atomic E-state index is 12.8. The maximum Gasteiger partial charge on any atom is 0.198 e. The zero-order chi connectivity index (χ0) is 14.3. The number of ketones is 1. The summed E-state index contributed by atoms with van der Waals surface area (Å²) in [5.74, 6) is -0.0163. The number of hydrogen-bond donors (Lipinski definition) is 0. The molecule has 0 aliphatic heterocycles. The number of aromatic nitrogens is 3. The minimum absolute atomic E-state index is 0.0163. The highest BCUT2D eigenvalue weighted by atomic mass is 16.1. The molecule has 0 unspecified atom stereocenters. The third kappa shape index (κ3) is 1.81. The molecule has 2 heterocycles. The molecule has 0 bridgehead atoms. The minimum atomic E-state index is -0.0163. The van der Waals surface area contributed by atoms with Crippen molar-refractivity contribution in [2.24, 2.45) is 7.05 Å². The lowest BCUT2D eigenvalue weighted by atomic mass is 9.98. The molecule has 0 aliphatic carbocycles. The molecule has 4 heteroatoms. The first-order valence-corrected chi connectivity index (χ1v) is 6.47. The molecule has 0 fully saturated rings. The molecular formula is C16H15N3O. The van der Waals surface area contributed by atoms with Gasteiger partial charge in [-0.15, -0.1) is 0 Å². The predicted molar refractivity (Wildman–Crippen MR) is 77.9 cm³/mol. The fourth-order valence-corrected chi connectivity index (χ4v) is 2.53. The van der Waals surface area contributed by atoms with Gasteiger partial charge in [0.25, 0.3) is 0 Å². The first kappa shape index (κ1) is 12.5. The van der Waals surface area contributed by atoms with E-state index in [2.05, 4.69) is 10.1 Å². The van der Waals surface area contributed by atoms with Crippen molar-refractivity contribution in [3.63, 3.8) is 0 Å². The van der Waals surface area contributed by atoms with Gasteiger partial charge >= 0.3 is 0 Å². The predicted octanol–water partition coefficient (Wildman–Crippen LogP) is 2.82. The van der Waals surface area contributed by atoms with Crippen LogP contribution >= 0.6 is 0 Å². The number of nitrogens with zero attached hydrogens (tertiary/aromatic N) is 3. The van der Waals surface area contributed by atoms with Crippen LogP contribution in [0.15, 0.2) is 36.7 Å². The summed E-state index contributed by atoms with van der Waals surface area (Å²) in [7, 11) is 1.85. The van der Waals surface area contributed by atoms with Gasteiger partial charge in [0.1, 0.15) is 0 Å². The maximum atomic E-state index is 12.8. The molecule has 100 valence electrons. The molecule has 4 nitrogen and oxygen atoms in total. The fraction of sp³-hybridized carbons (Fsp3) is 0.188. The molecule has 0 aliphatic rings. The molecule has 0 N–H and O–H groups in total. The second-order valence-electron chi connectivity index (χ2n) is 4.91. The molecule has 2 aromatic heterocycles. The summed E-state index contributed by atoms with van der Waals surface area (Å²) in [4.78, 5) is 17.0. The van der Waals surface area contributed by atoms with Crippen LogP contribution in [0.25, 0.3) is 10.8 Å². The third-order valence-electron chi connectivity index (χ3n) is 3.65. The second kappa shape index (κ2) is 4.56. The lowest BCUT2D eigenvalue weighted by molar-refractivity contribution is 0.103. The van der Waals surface area contributed by atoms with Crippen molar-refractivity contribution < 1.29 is 4.79 Å². The SMILES string of the molecule is Cc1nn(C)c(C)c1C(=O)c1cncc2ccccc12. The van der Waals surface area contributed by atoms with Crippen molar-refractivity contribution in [2.45, 2.75) is 13.8 Å². The normalized spacial score (nSPS) is 10.9. The van der Waals surface area contributed by atoms with Crippen molar-refractivity contribution in [2.75, 3.05) is 0 Å². The third-order valence-corrected chi connectivity index (χ3v) is 3.65. The number of aryl methyl sites for hydroxylation is 2. The van der Waals surface area contributed by atoms with Crippen LogP contribution in [-0.4, -0.2) is 20.5 Å². The van der Waals surface area contributed by atoms with Crippen molar-refractivity contribution in [3.8, 4) is 0 Å². The molecule has 1 aromatic carbocycles. The Labute approximate surface area is 117 Å². The van der Waals surface area contributed by atoms with Crippen molar-refractivity contribution >= 4 is 16.6 Å². The number of pyridine rings is 1. The van der Waals surface area contributed by atoms with Crippen LogP contribution in [0.2, 0.25) is 0 Å². The Morgan fingerprint density at radius 2 is 1.90 bits per heavy atom. The van der Waals surface area contributed by atoms with Crippen molar-refractivity contribution in [3.05, 3.63) is 59.2 Å². The molecular weight excluding hydrogens is 250 g/mol. The number of carbonyl (C=O) groups excluding carboxylic acids is 1. The van der Waals surface area contributed by atoms with E-state index in [0.29, 0.717) is 11.1 Å². The molecule has 20 heavy (non-hydrogen) atoms. The highest BCUT2D eigenvalue weighted by Crippen LogP contribution is 2.23. The smallest absolute Gasteiger partial charge is 0.198 e. The van der Waals surface area contributed by atoms with Crippen LogP contribution in [-0.2, 0) is 7.05 Å². The summed E-state index contributed by atoms with van der Waals surface area (Å²) in [5.41, 5.74) is 2.93. The van der Waals surface area contributed by atoms with Crippen molar-refractivity contribution in [1.82, 2.24) is 14.8 Å². The zero-order valence-corrected chi connectivity index (χ0v) is 11.7. The van der Waals surface area contributed by atoms with Gasteiger partial charge in [0.05, 0.1) is 11.3 Å². The van der Waals surface area contributed by atoms with Crippen LogP contribution in [0.3, 0.4) is 0 Å². The Kier molecular flexibility index (Phi) is 2.86. The summed E-state index contributed by atoms with van der Waals surface area (Å²) in [5, 5.41) is 6.21. The summed E-state index contributed by atoms with van der Waals surface area (Å²) < 4.78 is 1.74. The summed E-state index contributed by atoms with van der Waals surface area (Å²) >= 11 is 0. The van der Waals surface area contributed by atoms with Gasteiger partial charge in [0.2, 0.25) is 0 Å². The van der Waals surface area contributed by atoms with E-state index < -0.39 is 0 Å². The second-order valence-corrected chi connectivity index (χ2v) is 4.91. The molecule has 3 aromatic rings. The Morgan fingerprint density at radius 1 is 1.15 bits per heavy atom. The van der Waals surface area contributed by atoms with E-state index in [1.165, 1.54) is 0 Å². The first-order chi connectivity index (χ1) is 9.59. The van der Waals surface area contributed by atoms with Gasteiger partial charge in [0, 0.05) is 36.1 Å². The average Bonchev–Trinajstić information content (AvgIpc) is 2.71. The molecule has 0 radical (unpaired) electrons. The van der Waals surface area contributed by atoms with Crippen LogP contribution in [0.4, 0.5) is 0 Å². The quantitative estimate of drug-likeness (QED) is 0.669. The van der Waals surface area contributed by atoms with Gasteiger partial charge in [-0.1, -0.05) is 24.3 Å². The summed E-state index contributed by atoms with van der Waals surface area (Å²) in [6.45, 7) is 3.77. The lowest BCUT2D eigenvalue weighted by Crippen LogP contribution is -2.06. The fourth-order valence-electron chi connectivity index (χ4n) is 2.53. The van der Waals surface area contributed by atoms with Gasteiger partial charge in [0.15, 0.2) is 5.78 Å². The highest BCUT2D eigenvalue weighted by molar-refractivity contribution is 6.17. The largest absolute Gasteiger partial charge is 0.288 e. The number of hydrogen-bond acceptors (Lipinski definition) is 3. The van der Waals surface area contributed by atoms with E-state index >= 15 is 0 Å². The van der Waals surface area contributed by atoms with E-state index in [9.17, 15) is 4.79 Å². The highest BCUT2D eigenvalue weighted by Gasteiger charge is 2.20.